The lowest BCUT2D eigenvalue weighted by Gasteiger charge is -2.33. The third kappa shape index (κ3) is 5.60. The van der Waals surface area contributed by atoms with Crippen molar-refractivity contribution in [2.45, 2.75) is 26.6 Å². The van der Waals surface area contributed by atoms with Gasteiger partial charge in [-0.25, -0.2) is 0 Å². The molecule has 1 saturated heterocycles. The van der Waals surface area contributed by atoms with Gasteiger partial charge in [-0.15, -0.1) is 0 Å². The quantitative estimate of drug-likeness (QED) is 0.521. The first kappa shape index (κ1) is 22.2. The van der Waals surface area contributed by atoms with Crippen molar-refractivity contribution >= 4 is 0 Å². The number of ether oxygens (including phenoxy) is 2. The second-order valence-electron chi connectivity index (χ2n) is 7.80. The number of aryl methyl sites for hydroxylation is 1. The molecular formula is C23H26F2N4O3. The molecule has 1 aromatic heterocycles. The molecule has 0 aliphatic carbocycles. The van der Waals surface area contributed by atoms with Crippen LogP contribution in [0.2, 0.25) is 0 Å². The van der Waals surface area contributed by atoms with Crippen LogP contribution < -0.4 is 9.47 Å². The zero-order valence-corrected chi connectivity index (χ0v) is 18.1. The zero-order chi connectivity index (χ0) is 22.5. The van der Waals surface area contributed by atoms with Crippen molar-refractivity contribution in [2.75, 3.05) is 33.3 Å². The Morgan fingerprint density at radius 3 is 2.44 bits per heavy atom. The summed E-state index contributed by atoms with van der Waals surface area (Å²) in [5.74, 6) is 1.02. The molecule has 2 aromatic carbocycles. The highest BCUT2D eigenvalue weighted by Crippen LogP contribution is 2.32. The number of alkyl halides is 2. The van der Waals surface area contributed by atoms with Gasteiger partial charge in [0, 0.05) is 38.3 Å². The van der Waals surface area contributed by atoms with Crippen LogP contribution in [0.3, 0.4) is 0 Å². The number of aromatic nitrogens is 2. The Bertz CT molecular complexity index is 1040. The molecule has 0 amide bonds. The van der Waals surface area contributed by atoms with E-state index in [9.17, 15) is 8.78 Å². The van der Waals surface area contributed by atoms with Gasteiger partial charge in [-0.05, 0) is 30.7 Å². The monoisotopic (exact) mass is 444 g/mol. The summed E-state index contributed by atoms with van der Waals surface area (Å²) in [7, 11) is 1.39. The number of benzene rings is 2. The third-order valence-electron chi connectivity index (χ3n) is 5.42. The van der Waals surface area contributed by atoms with Gasteiger partial charge in [0.1, 0.15) is 0 Å². The molecule has 0 bridgehead atoms. The van der Waals surface area contributed by atoms with E-state index in [-0.39, 0.29) is 11.5 Å². The second kappa shape index (κ2) is 10.1. The SMILES string of the molecule is COc1cc(-c2noc(CN3CCN(Cc4cccc(C)c4)CC3)n2)ccc1OC(F)F. The molecule has 0 unspecified atom stereocenters. The van der Waals surface area contributed by atoms with Crippen LogP contribution in [0.15, 0.2) is 47.0 Å². The van der Waals surface area contributed by atoms with Gasteiger partial charge in [-0.2, -0.15) is 13.8 Å². The summed E-state index contributed by atoms with van der Waals surface area (Å²) in [6, 6.07) is 13.2. The van der Waals surface area contributed by atoms with E-state index in [1.807, 2.05) is 0 Å². The molecule has 0 atom stereocenters. The zero-order valence-electron chi connectivity index (χ0n) is 18.1. The summed E-state index contributed by atoms with van der Waals surface area (Å²) in [5, 5.41) is 4.03. The van der Waals surface area contributed by atoms with Gasteiger partial charge in [0.05, 0.1) is 13.7 Å². The molecule has 0 radical (unpaired) electrons. The van der Waals surface area contributed by atoms with Crippen LogP contribution in [0, 0.1) is 6.92 Å². The lowest BCUT2D eigenvalue weighted by Crippen LogP contribution is -2.45. The number of halogens is 2. The second-order valence-corrected chi connectivity index (χ2v) is 7.80. The average molecular weight is 444 g/mol. The van der Waals surface area contributed by atoms with Crippen molar-refractivity contribution in [3.63, 3.8) is 0 Å². The fraction of sp³-hybridized carbons (Fsp3) is 0.391. The maximum absolute atomic E-state index is 12.5. The minimum Gasteiger partial charge on any atom is -0.493 e. The smallest absolute Gasteiger partial charge is 0.387 e. The summed E-state index contributed by atoms with van der Waals surface area (Å²) in [4.78, 5) is 9.19. The van der Waals surface area contributed by atoms with Gasteiger partial charge < -0.3 is 14.0 Å². The molecule has 1 fully saturated rings. The Kier molecular flexibility index (Phi) is 6.96. The predicted octanol–water partition coefficient (Wildman–Crippen LogP) is 3.97. The van der Waals surface area contributed by atoms with E-state index in [2.05, 4.69) is 55.9 Å². The van der Waals surface area contributed by atoms with Crippen LogP contribution in [0.4, 0.5) is 8.78 Å². The van der Waals surface area contributed by atoms with Crippen LogP contribution in [0.25, 0.3) is 11.4 Å². The lowest BCUT2D eigenvalue weighted by molar-refractivity contribution is -0.0512. The van der Waals surface area contributed by atoms with E-state index in [0.717, 1.165) is 32.7 Å². The molecular weight excluding hydrogens is 418 g/mol. The predicted molar refractivity (Wildman–Crippen MR) is 115 cm³/mol. The van der Waals surface area contributed by atoms with Crippen LogP contribution in [-0.4, -0.2) is 59.8 Å². The molecule has 3 aromatic rings. The molecule has 32 heavy (non-hydrogen) atoms. The third-order valence-corrected chi connectivity index (χ3v) is 5.42. The van der Waals surface area contributed by atoms with Gasteiger partial charge in [0.15, 0.2) is 11.5 Å². The Balaban J connectivity index is 1.33. The van der Waals surface area contributed by atoms with Crippen molar-refractivity contribution in [1.82, 2.24) is 19.9 Å². The highest BCUT2D eigenvalue weighted by molar-refractivity contribution is 5.60. The summed E-state index contributed by atoms with van der Waals surface area (Å²) < 4.78 is 40.0. The summed E-state index contributed by atoms with van der Waals surface area (Å²) in [5.41, 5.74) is 3.21. The molecule has 1 aliphatic rings. The van der Waals surface area contributed by atoms with Crippen LogP contribution in [0.1, 0.15) is 17.0 Å². The number of rotatable bonds is 8. The average Bonchev–Trinajstić information content (AvgIpc) is 3.23. The Morgan fingerprint density at radius 1 is 1.00 bits per heavy atom. The standard InChI is InChI=1S/C23H26F2N4O3/c1-16-4-3-5-17(12-16)14-28-8-10-29(11-9-28)15-21-26-22(27-32-21)18-6-7-19(31-23(24)25)20(13-18)30-2/h3-7,12-13,23H,8-11,14-15H2,1-2H3. The first-order chi connectivity index (χ1) is 15.5. The van der Waals surface area contributed by atoms with Gasteiger partial charge in [0.25, 0.3) is 0 Å². The normalized spacial score (nSPS) is 15.3. The fourth-order valence-electron chi connectivity index (χ4n) is 3.80. The van der Waals surface area contributed by atoms with Gasteiger partial charge in [0.2, 0.25) is 11.7 Å². The molecule has 0 saturated carbocycles. The minimum atomic E-state index is -2.93. The highest BCUT2D eigenvalue weighted by Gasteiger charge is 2.20. The topological polar surface area (TPSA) is 63.9 Å². The molecule has 7 nitrogen and oxygen atoms in total. The van der Waals surface area contributed by atoms with Crippen LogP contribution >= 0.6 is 0 Å². The molecule has 9 heteroatoms. The van der Waals surface area contributed by atoms with Crippen molar-refractivity contribution in [2.24, 2.45) is 0 Å². The summed E-state index contributed by atoms with van der Waals surface area (Å²) in [6.45, 7) is 4.47. The Labute approximate surface area is 185 Å². The lowest BCUT2D eigenvalue weighted by atomic mass is 10.1. The maximum atomic E-state index is 12.5. The highest BCUT2D eigenvalue weighted by atomic mass is 19.3. The number of hydrogen-bond acceptors (Lipinski definition) is 7. The molecule has 4 rings (SSSR count). The van der Waals surface area contributed by atoms with Gasteiger partial charge >= 0.3 is 6.61 Å². The Hall–Kier alpha value is -3.04. The van der Waals surface area contributed by atoms with E-state index in [4.69, 9.17) is 9.26 Å². The number of nitrogens with zero attached hydrogens (tertiary/aromatic N) is 4. The van der Waals surface area contributed by atoms with Crippen molar-refractivity contribution in [3.05, 3.63) is 59.5 Å². The van der Waals surface area contributed by atoms with E-state index < -0.39 is 6.61 Å². The Morgan fingerprint density at radius 2 is 1.75 bits per heavy atom. The minimum absolute atomic E-state index is 0.0431. The largest absolute Gasteiger partial charge is 0.493 e. The van der Waals surface area contributed by atoms with Crippen molar-refractivity contribution < 1.29 is 22.8 Å². The van der Waals surface area contributed by atoms with Crippen LogP contribution in [-0.2, 0) is 13.1 Å². The van der Waals surface area contributed by atoms with Gasteiger partial charge in [-0.1, -0.05) is 35.0 Å². The molecule has 170 valence electrons. The van der Waals surface area contributed by atoms with E-state index >= 15 is 0 Å². The molecule has 1 aliphatic heterocycles. The molecule has 0 spiro atoms. The molecule has 2 heterocycles. The number of methoxy groups -OCH3 is 1. The maximum Gasteiger partial charge on any atom is 0.387 e. The van der Waals surface area contributed by atoms with Gasteiger partial charge in [-0.3, -0.25) is 9.80 Å². The first-order valence-electron chi connectivity index (χ1n) is 10.5. The number of hydrogen-bond donors (Lipinski definition) is 0. The van der Waals surface area contributed by atoms with Crippen molar-refractivity contribution in [1.29, 1.82) is 0 Å². The van der Waals surface area contributed by atoms with E-state index in [0.29, 0.717) is 23.8 Å². The number of piperazine rings is 1. The molecule has 0 N–H and O–H groups in total. The van der Waals surface area contributed by atoms with E-state index in [1.165, 1.54) is 24.3 Å². The van der Waals surface area contributed by atoms with E-state index in [1.54, 1.807) is 12.1 Å². The summed E-state index contributed by atoms with van der Waals surface area (Å²) in [6.07, 6.45) is 0. The first-order valence-corrected chi connectivity index (χ1v) is 10.5. The van der Waals surface area contributed by atoms with Crippen LogP contribution in [0.5, 0.6) is 11.5 Å². The summed E-state index contributed by atoms with van der Waals surface area (Å²) >= 11 is 0. The van der Waals surface area contributed by atoms with Crippen molar-refractivity contribution in [3.8, 4) is 22.9 Å². The fourth-order valence-corrected chi connectivity index (χ4v) is 3.80.